The van der Waals surface area contributed by atoms with Gasteiger partial charge in [-0.2, -0.15) is 18.2 Å². The van der Waals surface area contributed by atoms with E-state index in [1.54, 1.807) is 0 Å². The highest BCUT2D eigenvalue weighted by Gasteiger charge is 2.39. The number of rotatable bonds is 2. The van der Waals surface area contributed by atoms with Crippen molar-refractivity contribution in [3.05, 3.63) is 32.9 Å². The highest BCUT2D eigenvalue weighted by molar-refractivity contribution is 9.14. The molecule has 0 saturated heterocycles. The summed E-state index contributed by atoms with van der Waals surface area (Å²) in [6, 6.07) is 1.89. The molecule has 0 unspecified atom stereocenters. The van der Waals surface area contributed by atoms with Gasteiger partial charge in [-0.05, 0) is 44.0 Å². The molecule has 0 spiro atoms. The van der Waals surface area contributed by atoms with E-state index in [1.165, 1.54) is 7.05 Å². The third kappa shape index (κ3) is 2.82. The lowest BCUT2D eigenvalue weighted by atomic mass is 10.3. The Hall–Kier alpha value is -1.42. The van der Waals surface area contributed by atoms with Crippen LogP contribution in [0.3, 0.4) is 0 Å². The van der Waals surface area contributed by atoms with Crippen LogP contribution in [0, 0.1) is 0 Å². The van der Waals surface area contributed by atoms with E-state index in [1.807, 2.05) is 0 Å². The normalized spacial score (nSPS) is 16.0. The molecular formula is C11H6Br2F3N3O2. The number of hydrogen-bond donors (Lipinski definition) is 0. The predicted molar refractivity (Wildman–Crippen MR) is 74.4 cm³/mol. The van der Waals surface area contributed by atoms with Crippen LogP contribution in [-0.4, -0.2) is 28.9 Å². The van der Waals surface area contributed by atoms with Gasteiger partial charge in [-0.15, -0.1) is 0 Å². The smallest absolute Gasteiger partial charge is 0.266 e. The summed E-state index contributed by atoms with van der Waals surface area (Å²) in [4.78, 5) is 27.4. The summed E-state index contributed by atoms with van der Waals surface area (Å²) in [5, 5.41) is 1.82. The molecule has 21 heavy (non-hydrogen) atoms. The molecule has 0 aromatic carbocycles. The molecule has 0 saturated carbocycles. The Kier molecular flexibility index (Phi) is 4.11. The maximum atomic E-state index is 12.5. The summed E-state index contributed by atoms with van der Waals surface area (Å²) in [5.74, 6) is -1.26. The molecule has 2 heterocycles. The summed E-state index contributed by atoms with van der Waals surface area (Å²) in [7, 11) is 1.34. The molecule has 10 heteroatoms. The Morgan fingerprint density at radius 2 is 1.67 bits per heavy atom. The molecule has 1 aromatic rings. The standard InChI is InChI=1S/C11H6Br2F3N3O2/c1-18(19-9(20)7(12)8(13)10(19)21)6-3-2-5(4-17-6)11(14,15)16/h2-4H,1H3. The fourth-order valence-corrected chi connectivity index (χ4v) is 2.26. The number of hydrogen-bond acceptors (Lipinski definition) is 4. The summed E-state index contributed by atoms with van der Waals surface area (Å²) >= 11 is 5.91. The van der Waals surface area contributed by atoms with Gasteiger partial charge in [-0.3, -0.25) is 14.6 Å². The quantitative estimate of drug-likeness (QED) is 0.680. The zero-order valence-corrected chi connectivity index (χ0v) is 13.5. The molecule has 1 aliphatic rings. The molecule has 0 radical (unpaired) electrons. The molecule has 2 amide bonds. The van der Waals surface area contributed by atoms with Gasteiger partial charge >= 0.3 is 6.18 Å². The molecule has 1 aromatic heterocycles. The van der Waals surface area contributed by atoms with Gasteiger partial charge in [0.05, 0.1) is 5.56 Å². The molecule has 0 aliphatic carbocycles. The Labute approximate surface area is 133 Å². The topological polar surface area (TPSA) is 53.5 Å². The van der Waals surface area contributed by atoms with Gasteiger partial charge in [0.25, 0.3) is 11.8 Å². The van der Waals surface area contributed by atoms with Crippen LogP contribution in [0.5, 0.6) is 0 Å². The van der Waals surface area contributed by atoms with Crippen molar-refractivity contribution in [1.29, 1.82) is 0 Å². The van der Waals surface area contributed by atoms with Crippen molar-refractivity contribution in [3.8, 4) is 0 Å². The van der Waals surface area contributed by atoms with Crippen molar-refractivity contribution in [2.75, 3.05) is 12.1 Å². The number of alkyl halides is 3. The van der Waals surface area contributed by atoms with E-state index >= 15 is 0 Å². The molecular weight excluding hydrogens is 423 g/mol. The lowest BCUT2D eigenvalue weighted by Crippen LogP contribution is -2.45. The molecule has 0 fully saturated rings. The first-order valence-electron chi connectivity index (χ1n) is 5.35. The molecule has 2 rings (SSSR count). The summed E-state index contributed by atoms with van der Waals surface area (Å²) in [6.45, 7) is 0. The number of amides is 2. The SMILES string of the molecule is CN(c1ccc(C(F)(F)F)cn1)N1C(=O)C(Br)=C(Br)C1=O. The second-order valence-electron chi connectivity index (χ2n) is 3.98. The maximum Gasteiger partial charge on any atom is 0.417 e. The highest BCUT2D eigenvalue weighted by atomic mass is 79.9. The van der Waals surface area contributed by atoms with Crippen LogP contribution >= 0.6 is 31.9 Å². The number of aromatic nitrogens is 1. The van der Waals surface area contributed by atoms with Gasteiger partial charge in [0.1, 0.15) is 14.8 Å². The second-order valence-corrected chi connectivity index (χ2v) is 5.56. The highest BCUT2D eigenvalue weighted by Crippen LogP contribution is 2.32. The van der Waals surface area contributed by atoms with Crippen LogP contribution in [0.4, 0.5) is 19.0 Å². The largest absolute Gasteiger partial charge is 0.417 e. The van der Waals surface area contributed by atoms with Crippen LogP contribution < -0.4 is 5.01 Å². The molecule has 0 bridgehead atoms. The van der Waals surface area contributed by atoms with Crippen molar-refractivity contribution >= 4 is 49.5 Å². The summed E-state index contributed by atoms with van der Waals surface area (Å²) in [6.07, 6.45) is -3.87. The number of carbonyl (C=O) groups excluding carboxylic acids is 2. The van der Waals surface area contributed by atoms with E-state index in [9.17, 15) is 22.8 Å². The second kappa shape index (κ2) is 5.41. The zero-order valence-electron chi connectivity index (χ0n) is 10.3. The number of anilines is 1. The van der Waals surface area contributed by atoms with Gasteiger partial charge in [-0.25, -0.2) is 4.98 Å². The fraction of sp³-hybridized carbons (Fsp3) is 0.182. The summed E-state index contributed by atoms with van der Waals surface area (Å²) < 4.78 is 37.4. The molecule has 1 aliphatic heterocycles. The van der Waals surface area contributed by atoms with Gasteiger partial charge in [-0.1, -0.05) is 0 Å². The molecule has 0 N–H and O–H groups in total. The fourth-order valence-electron chi connectivity index (χ4n) is 1.59. The van der Waals surface area contributed by atoms with E-state index in [0.717, 1.165) is 22.2 Å². The van der Waals surface area contributed by atoms with E-state index in [0.29, 0.717) is 6.20 Å². The number of hydrazine groups is 1. The van der Waals surface area contributed by atoms with Gasteiger partial charge in [0.2, 0.25) is 0 Å². The first-order chi connectivity index (χ1) is 9.64. The van der Waals surface area contributed by atoms with E-state index in [-0.39, 0.29) is 14.8 Å². The van der Waals surface area contributed by atoms with Crippen LogP contribution in [0.15, 0.2) is 27.3 Å². The predicted octanol–water partition coefficient (Wildman–Crippen LogP) is 2.82. The van der Waals surface area contributed by atoms with E-state index < -0.39 is 23.6 Å². The Bertz CT molecular complexity index is 619. The van der Waals surface area contributed by atoms with Gasteiger partial charge in [0, 0.05) is 13.2 Å². The van der Waals surface area contributed by atoms with Crippen LogP contribution in [-0.2, 0) is 15.8 Å². The monoisotopic (exact) mass is 427 g/mol. The van der Waals surface area contributed by atoms with Crippen molar-refractivity contribution < 1.29 is 22.8 Å². The minimum atomic E-state index is -4.50. The number of nitrogens with zero attached hydrogens (tertiary/aromatic N) is 3. The van der Waals surface area contributed by atoms with Crippen LogP contribution in [0.2, 0.25) is 0 Å². The molecule has 112 valence electrons. The average molecular weight is 429 g/mol. The lowest BCUT2D eigenvalue weighted by molar-refractivity contribution is -0.139. The molecule has 5 nitrogen and oxygen atoms in total. The average Bonchev–Trinajstić information content (AvgIpc) is 2.62. The Morgan fingerprint density at radius 3 is 2.05 bits per heavy atom. The lowest BCUT2D eigenvalue weighted by Gasteiger charge is -2.27. The number of carbonyl (C=O) groups is 2. The van der Waals surface area contributed by atoms with E-state index in [4.69, 9.17) is 0 Å². The number of imide groups is 1. The minimum Gasteiger partial charge on any atom is -0.266 e. The van der Waals surface area contributed by atoms with Crippen LogP contribution in [0.1, 0.15) is 5.56 Å². The number of pyridine rings is 1. The van der Waals surface area contributed by atoms with Crippen molar-refractivity contribution in [2.24, 2.45) is 0 Å². The number of halogens is 5. The van der Waals surface area contributed by atoms with Crippen LogP contribution in [0.25, 0.3) is 0 Å². The first-order valence-corrected chi connectivity index (χ1v) is 6.94. The molecule has 0 atom stereocenters. The van der Waals surface area contributed by atoms with Crippen molar-refractivity contribution in [1.82, 2.24) is 9.99 Å². The first kappa shape index (κ1) is 16.0. The third-order valence-corrected chi connectivity index (χ3v) is 4.66. The van der Waals surface area contributed by atoms with Gasteiger partial charge < -0.3 is 0 Å². The Balaban J connectivity index is 2.28. The van der Waals surface area contributed by atoms with Gasteiger partial charge in [0.15, 0.2) is 0 Å². The summed E-state index contributed by atoms with van der Waals surface area (Å²) in [5.41, 5.74) is -0.917. The maximum absolute atomic E-state index is 12.5. The van der Waals surface area contributed by atoms with E-state index in [2.05, 4.69) is 36.8 Å². The Morgan fingerprint density at radius 1 is 1.14 bits per heavy atom. The van der Waals surface area contributed by atoms with Crippen molar-refractivity contribution in [2.45, 2.75) is 6.18 Å². The minimum absolute atomic E-state index is 0.0206. The van der Waals surface area contributed by atoms with Crippen molar-refractivity contribution in [3.63, 3.8) is 0 Å². The third-order valence-electron chi connectivity index (χ3n) is 2.66. The zero-order chi connectivity index (χ0) is 15.9.